The summed E-state index contributed by atoms with van der Waals surface area (Å²) in [5, 5.41) is 15.8. The van der Waals surface area contributed by atoms with E-state index >= 15 is 0 Å². The SMILES string of the molecule is O=C(/C=C/c1c(F)cccc1F)NCC(O)c1ccsc1. The topological polar surface area (TPSA) is 49.3 Å². The summed E-state index contributed by atoms with van der Waals surface area (Å²) in [5.74, 6) is -2.01. The van der Waals surface area contributed by atoms with E-state index in [4.69, 9.17) is 0 Å². The van der Waals surface area contributed by atoms with Crippen molar-refractivity contribution >= 4 is 23.3 Å². The van der Waals surface area contributed by atoms with Gasteiger partial charge in [0.15, 0.2) is 0 Å². The average Bonchev–Trinajstić information content (AvgIpc) is 2.98. The number of carbonyl (C=O) groups excluding carboxylic acids is 1. The third-order valence-electron chi connectivity index (χ3n) is 2.80. The summed E-state index contributed by atoms with van der Waals surface area (Å²) in [5.41, 5.74) is 0.440. The van der Waals surface area contributed by atoms with Crippen LogP contribution in [0.2, 0.25) is 0 Å². The molecule has 0 bridgehead atoms. The Morgan fingerprint density at radius 3 is 2.67 bits per heavy atom. The number of rotatable bonds is 5. The zero-order valence-electron chi connectivity index (χ0n) is 10.9. The molecule has 110 valence electrons. The summed E-state index contributed by atoms with van der Waals surface area (Å²) in [7, 11) is 0. The molecule has 2 aromatic rings. The van der Waals surface area contributed by atoms with Crippen molar-refractivity contribution in [2.75, 3.05) is 6.54 Å². The molecular weight excluding hydrogens is 296 g/mol. The number of carbonyl (C=O) groups is 1. The molecular formula is C15H13F2NO2S. The molecule has 1 heterocycles. The molecule has 0 aliphatic heterocycles. The van der Waals surface area contributed by atoms with Crippen molar-refractivity contribution in [2.45, 2.75) is 6.10 Å². The number of hydrogen-bond donors (Lipinski definition) is 2. The zero-order valence-corrected chi connectivity index (χ0v) is 11.7. The number of thiophene rings is 1. The minimum Gasteiger partial charge on any atom is -0.387 e. The molecule has 0 saturated heterocycles. The summed E-state index contributed by atoms with van der Waals surface area (Å²) in [6, 6.07) is 5.23. The number of aliphatic hydroxyl groups is 1. The molecule has 1 aromatic carbocycles. The molecule has 0 fully saturated rings. The Labute approximate surface area is 124 Å². The molecule has 2 N–H and O–H groups in total. The van der Waals surface area contributed by atoms with Gasteiger partial charge in [-0.2, -0.15) is 11.3 Å². The number of amides is 1. The van der Waals surface area contributed by atoms with E-state index in [0.717, 1.165) is 24.3 Å². The first-order chi connectivity index (χ1) is 10.1. The molecule has 0 aliphatic rings. The summed E-state index contributed by atoms with van der Waals surface area (Å²) >= 11 is 1.44. The molecule has 0 radical (unpaired) electrons. The smallest absolute Gasteiger partial charge is 0.244 e. The summed E-state index contributed by atoms with van der Waals surface area (Å²) in [6.45, 7) is 0.0274. The van der Waals surface area contributed by atoms with Gasteiger partial charge in [-0.3, -0.25) is 4.79 Å². The highest BCUT2D eigenvalue weighted by Gasteiger charge is 2.09. The van der Waals surface area contributed by atoms with Crippen LogP contribution in [-0.2, 0) is 4.79 Å². The lowest BCUT2D eigenvalue weighted by Crippen LogP contribution is -2.26. The van der Waals surface area contributed by atoms with Crippen molar-refractivity contribution in [3.8, 4) is 0 Å². The van der Waals surface area contributed by atoms with Crippen molar-refractivity contribution in [3.05, 3.63) is 63.9 Å². The molecule has 21 heavy (non-hydrogen) atoms. The van der Waals surface area contributed by atoms with Crippen LogP contribution >= 0.6 is 11.3 Å². The molecule has 0 aliphatic carbocycles. The quantitative estimate of drug-likeness (QED) is 0.834. The highest BCUT2D eigenvalue weighted by atomic mass is 32.1. The van der Waals surface area contributed by atoms with Gasteiger partial charge < -0.3 is 10.4 Å². The van der Waals surface area contributed by atoms with Gasteiger partial charge in [0, 0.05) is 18.2 Å². The number of hydrogen-bond acceptors (Lipinski definition) is 3. The van der Waals surface area contributed by atoms with Gasteiger partial charge in [0.1, 0.15) is 11.6 Å². The van der Waals surface area contributed by atoms with Crippen LogP contribution in [0.25, 0.3) is 6.08 Å². The highest BCUT2D eigenvalue weighted by Crippen LogP contribution is 2.15. The summed E-state index contributed by atoms with van der Waals surface area (Å²) in [6.07, 6.45) is 1.29. The molecule has 1 amide bonds. The second kappa shape index (κ2) is 7.10. The Bertz CT molecular complexity index is 621. The van der Waals surface area contributed by atoms with E-state index in [2.05, 4.69) is 5.32 Å². The van der Waals surface area contributed by atoms with Crippen LogP contribution < -0.4 is 5.32 Å². The van der Waals surface area contributed by atoms with Crippen molar-refractivity contribution in [3.63, 3.8) is 0 Å². The monoisotopic (exact) mass is 309 g/mol. The standard InChI is InChI=1S/C15H13F2NO2S/c16-12-2-1-3-13(17)11(12)4-5-15(20)18-8-14(19)10-6-7-21-9-10/h1-7,9,14,19H,8H2,(H,18,20)/b5-4+. The second-order valence-electron chi connectivity index (χ2n) is 4.29. The molecule has 1 unspecified atom stereocenters. The average molecular weight is 309 g/mol. The van der Waals surface area contributed by atoms with Crippen molar-refractivity contribution in [1.29, 1.82) is 0 Å². The van der Waals surface area contributed by atoms with Crippen LogP contribution in [-0.4, -0.2) is 17.6 Å². The Morgan fingerprint density at radius 2 is 2.05 bits per heavy atom. The molecule has 0 saturated carbocycles. The molecule has 1 aromatic heterocycles. The van der Waals surface area contributed by atoms with E-state index in [-0.39, 0.29) is 12.1 Å². The molecule has 6 heteroatoms. The summed E-state index contributed by atoms with van der Waals surface area (Å²) < 4.78 is 26.7. The lowest BCUT2D eigenvalue weighted by molar-refractivity contribution is -0.116. The number of halogens is 2. The van der Waals surface area contributed by atoms with Gasteiger partial charge in [0.25, 0.3) is 0 Å². The van der Waals surface area contributed by atoms with Crippen molar-refractivity contribution in [2.24, 2.45) is 0 Å². The molecule has 2 rings (SSSR count). The van der Waals surface area contributed by atoms with Crippen LogP contribution in [0.1, 0.15) is 17.2 Å². The maximum atomic E-state index is 13.3. The van der Waals surface area contributed by atoms with Gasteiger partial charge in [-0.25, -0.2) is 8.78 Å². The maximum Gasteiger partial charge on any atom is 0.244 e. The van der Waals surface area contributed by atoms with E-state index in [1.807, 2.05) is 5.38 Å². The first-order valence-electron chi connectivity index (χ1n) is 6.18. The molecule has 1 atom stereocenters. The number of aliphatic hydroxyl groups excluding tert-OH is 1. The van der Waals surface area contributed by atoms with Crippen LogP contribution in [0.15, 0.2) is 41.1 Å². The molecule has 0 spiro atoms. The third kappa shape index (κ3) is 4.21. The highest BCUT2D eigenvalue weighted by molar-refractivity contribution is 7.07. The minimum atomic E-state index is -0.807. The van der Waals surface area contributed by atoms with Crippen LogP contribution in [0.3, 0.4) is 0 Å². The predicted octanol–water partition coefficient (Wildman–Crippen LogP) is 2.89. The fraction of sp³-hybridized carbons (Fsp3) is 0.133. The Kier molecular flexibility index (Phi) is 5.19. The van der Waals surface area contributed by atoms with E-state index in [0.29, 0.717) is 5.56 Å². The van der Waals surface area contributed by atoms with Crippen molar-refractivity contribution < 1.29 is 18.7 Å². The van der Waals surface area contributed by atoms with E-state index in [9.17, 15) is 18.7 Å². The van der Waals surface area contributed by atoms with Gasteiger partial charge >= 0.3 is 0 Å². The fourth-order valence-electron chi connectivity index (χ4n) is 1.67. The fourth-order valence-corrected chi connectivity index (χ4v) is 2.37. The largest absolute Gasteiger partial charge is 0.387 e. The van der Waals surface area contributed by atoms with Gasteiger partial charge in [-0.1, -0.05) is 6.07 Å². The van der Waals surface area contributed by atoms with E-state index < -0.39 is 23.6 Å². The van der Waals surface area contributed by atoms with E-state index in [1.165, 1.54) is 17.4 Å². The van der Waals surface area contributed by atoms with Crippen molar-refractivity contribution in [1.82, 2.24) is 5.32 Å². The first kappa shape index (κ1) is 15.3. The normalized spacial score (nSPS) is 12.5. The Balaban J connectivity index is 1.91. The lowest BCUT2D eigenvalue weighted by Gasteiger charge is -2.08. The zero-order chi connectivity index (χ0) is 15.2. The van der Waals surface area contributed by atoms with Crippen LogP contribution in [0.5, 0.6) is 0 Å². The lowest BCUT2D eigenvalue weighted by atomic mass is 10.2. The van der Waals surface area contributed by atoms with E-state index in [1.54, 1.807) is 11.4 Å². The Hall–Kier alpha value is -2.05. The van der Waals surface area contributed by atoms with Gasteiger partial charge in [-0.05, 0) is 40.6 Å². The second-order valence-corrected chi connectivity index (χ2v) is 5.07. The van der Waals surface area contributed by atoms with Crippen LogP contribution in [0.4, 0.5) is 8.78 Å². The summed E-state index contributed by atoms with van der Waals surface area (Å²) in [4.78, 5) is 11.6. The number of benzene rings is 1. The predicted molar refractivity (Wildman–Crippen MR) is 77.7 cm³/mol. The van der Waals surface area contributed by atoms with Gasteiger partial charge in [0.05, 0.1) is 6.10 Å². The third-order valence-corrected chi connectivity index (χ3v) is 3.50. The Morgan fingerprint density at radius 1 is 1.33 bits per heavy atom. The number of nitrogens with one attached hydrogen (secondary N) is 1. The van der Waals surface area contributed by atoms with Gasteiger partial charge in [-0.15, -0.1) is 0 Å². The minimum absolute atomic E-state index is 0.0274. The van der Waals surface area contributed by atoms with Crippen LogP contribution in [0, 0.1) is 11.6 Å². The first-order valence-corrected chi connectivity index (χ1v) is 7.12. The molecule has 3 nitrogen and oxygen atoms in total. The van der Waals surface area contributed by atoms with Gasteiger partial charge in [0.2, 0.25) is 5.91 Å². The maximum absolute atomic E-state index is 13.3.